The SMILES string of the molecule is COc1ccc(C(C)=O)cc1CSc1nnc(Cc2ccccc2)n1-c1ccccc1. The molecule has 3 aromatic carbocycles. The van der Waals surface area contributed by atoms with E-state index in [4.69, 9.17) is 4.74 Å². The average molecular weight is 430 g/mol. The molecule has 0 aliphatic rings. The Hall–Kier alpha value is -3.38. The minimum atomic E-state index is 0.0338. The van der Waals surface area contributed by atoms with Crippen molar-refractivity contribution in [1.29, 1.82) is 0 Å². The normalized spacial score (nSPS) is 10.8. The molecule has 0 aliphatic carbocycles. The lowest BCUT2D eigenvalue weighted by Gasteiger charge is -2.12. The molecule has 0 amide bonds. The number of thioether (sulfide) groups is 1. The van der Waals surface area contributed by atoms with Gasteiger partial charge in [-0.3, -0.25) is 9.36 Å². The Morgan fingerprint density at radius 2 is 1.68 bits per heavy atom. The van der Waals surface area contributed by atoms with Gasteiger partial charge in [-0.25, -0.2) is 0 Å². The predicted octanol–water partition coefficient (Wildman–Crippen LogP) is 5.36. The first kappa shape index (κ1) is 20.9. The van der Waals surface area contributed by atoms with Crippen molar-refractivity contribution in [2.24, 2.45) is 0 Å². The van der Waals surface area contributed by atoms with Crippen LogP contribution in [0.3, 0.4) is 0 Å². The molecular formula is C25H23N3O2S. The zero-order chi connectivity index (χ0) is 21.6. The van der Waals surface area contributed by atoms with E-state index in [1.165, 1.54) is 5.56 Å². The molecule has 0 radical (unpaired) electrons. The number of methoxy groups -OCH3 is 1. The van der Waals surface area contributed by atoms with E-state index in [1.807, 2.05) is 48.5 Å². The molecule has 1 aromatic heterocycles. The molecule has 156 valence electrons. The maximum Gasteiger partial charge on any atom is 0.196 e. The summed E-state index contributed by atoms with van der Waals surface area (Å²) in [5.74, 6) is 2.28. The van der Waals surface area contributed by atoms with Crippen LogP contribution in [0.15, 0.2) is 84.0 Å². The number of ether oxygens (including phenoxy) is 1. The van der Waals surface area contributed by atoms with Crippen molar-refractivity contribution in [3.63, 3.8) is 0 Å². The van der Waals surface area contributed by atoms with Crippen LogP contribution < -0.4 is 4.74 Å². The van der Waals surface area contributed by atoms with Gasteiger partial charge in [-0.1, -0.05) is 60.3 Å². The molecule has 31 heavy (non-hydrogen) atoms. The van der Waals surface area contributed by atoms with Gasteiger partial charge in [-0.15, -0.1) is 10.2 Å². The van der Waals surface area contributed by atoms with Crippen molar-refractivity contribution in [2.45, 2.75) is 24.3 Å². The maximum absolute atomic E-state index is 11.8. The lowest BCUT2D eigenvalue weighted by Crippen LogP contribution is -2.04. The number of hydrogen-bond acceptors (Lipinski definition) is 5. The summed E-state index contributed by atoms with van der Waals surface area (Å²) in [6, 6.07) is 25.9. The Morgan fingerprint density at radius 3 is 2.35 bits per heavy atom. The van der Waals surface area contributed by atoms with Crippen LogP contribution in [-0.4, -0.2) is 27.7 Å². The summed E-state index contributed by atoms with van der Waals surface area (Å²) in [5, 5.41) is 9.78. The second kappa shape index (κ2) is 9.62. The van der Waals surface area contributed by atoms with Crippen LogP contribution in [0.5, 0.6) is 5.75 Å². The van der Waals surface area contributed by atoms with Crippen LogP contribution in [0.25, 0.3) is 5.69 Å². The molecular weight excluding hydrogens is 406 g/mol. The third kappa shape index (κ3) is 4.86. The summed E-state index contributed by atoms with van der Waals surface area (Å²) in [6.07, 6.45) is 0.687. The zero-order valence-electron chi connectivity index (χ0n) is 17.5. The summed E-state index contributed by atoms with van der Waals surface area (Å²) in [5.41, 5.74) is 3.82. The highest BCUT2D eigenvalue weighted by molar-refractivity contribution is 7.98. The number of rotatable bonds is 8. The maximum atomic E-state index is 11.8. The molecule has 4 aromatic rings. The van der Waals surface area contributed by atoms with E-state index in [9.17, 15) is 4.79 Å². The van der Waals surface area contributed by atoms with Gasteiger partial charge in [-0.2, -0.15) is 0 Å². The van der Waals surface area contributed by atoms with Crippen LogP contribution in [0.2, 0.25) is 0 Å². The number of carbonyl (C=O) groups is 1. The zero-order valence-corrected chi connectivity index (χ0v) is 18.3. The Bertz CT molecular complexity index is 1170. The Balaban J connectivity index is 1.66. The Kier molecular flexibility index (Phi) is 6.48. The highest BCUT2D eigenvalue weighted by Gasteiger charge is 2.16. The Labute approximate surface area is 186 Å². The van der Waals surface area contributed by atoms with Gasteiger partial charge in [0.15, 0.2) is 10.9 Å². The van der Waals surface area contributed by atoms with Crippen LogP contribution in [0.1, 0.15) is 34.2 Å². The standard InChI is InChI=1S/C25H23N3O2S/c1-18(29)20-13-14-23(30-2)21(16-20)17-31-25-27-26-24(15-19-9-5-3-6-10-19)28(25)22-11-7-4-8-12-22/h3-14,16H,15,17H2,1-2H3. The van der Waals surface area contributed by atoms with E-state index in [0.29, 0.717) is 17.7 Å². The first-order valence-electron chi connectivity index (χ1n) is 10.00. The van der Waals surface area contributed by atoms with Gasteiger partial charge < -0.3 is 4.74 Å². The van der Waals surface area contributed by atoms with Crippen molar-refractivity contribution >= 4 is 17.5 Å². The second-order valence-electron chi connectivity index (χ2n) is 7.10. The summed E-state index contributed by atoms with van der Waals surface area (Å²) < 4.78 is 7.60. The number of nitrogens with zero attached hydrogens (tertiary/aromatic N) is 3. The molecule has 0 fully saturated rings. The van der Waals surface area contributed by atoms with Gasteiger partial charge in [0.25, 0.3) is 0 Å². The minimum absolute atomic E-state index is 0.0338. The number of aromatic nitrogens is 3. The summed E-state index contributed by atoms with van der Waals surface area (Å²) in [4.78, 5) is 11.8. The molecule has 0 aliphatic heterocycles. The lowest BCUT2D eigenvalue weighted by atomic mass is 10.1. The van der Waals surface area contributed by atoms with Crippen LogP contribution >= 0.6 is 11.8 Å². The van der Waals surface area contributed by atoms with E-state index in [1.54, 1.807) is 31.9 Å². The quantitative estimate of drug-likeness (QED) is 0.279. The van der Waals surface area contributed by atoms with E-state index >= 15 is 0 Å². The Morgan fingerprint density at radius 1 is 0.968 bits per heavy atom. The number of benzene rings is 3. The van der Waals surface area contributed by atoms with Gasteiger partial charge in [0.1, 0.15) is 11.6 Å². The van der Waals surface area contributed by atoms with E-state index < -0.39 is 0 Å². The molecule has 0 saturated heterocycles. The second-order valence-corrected chi connectivity index (χ2v) is 8.05. The average Bonchev–Trinajstić information content (AvgIpc) is 3.20. The van der Waals surface area contributed by atoms with Gasteiger partial charge in [0, 0.05) is 29.0 Å². The summed E-state index contributed by atoms with van der Waals surface area (Å²) >= 11 is 1.57. The molecule has 0 saturated carbocycles. The van der Waals surface area contributed by atoms with Crippen molar-refractivity contribution in [1.82, 2.24) is 14.8 Å². The molecule has 0 unspecified atom stereocenters. The highest BCUT2D eigenvalue weighted by atomic mass is 32.2. The van der Waals surface area contributed by atoms with Crippen molar-refractivity contribution in [2.75, 3.05) is 7.11 Å². The van der Waals surface area contributed by atoms with Gasteiger partial charge in [0.2, 0.25) is 0 Å². The summed E-state index contributed by atoms with van der Waals surface area (Å²) in [7, 11) is 1.64. The lowest BCUT2D eigenvalue weighted by molar-refractivity contribution is 0.101. The molecule has 5 nitrogen and oxygen atoms in total. The largest absolute Gasteiger partial charge is 0.496 e. The number of Topliss-reactive ketones (excluding diaryl/α,β-unsaturated/α-hetero) is 1. The van der Waals surface area contributed by atoms with Gasteiger partial charge in [-0.05, 0) is 42.8 Å². The fourth-order valence-electron chi connectivity index (χ4n) is 3.38. The predicted molar refractivity (Wildman–Crippen MR) is 123 cm³/mol. The van der Waals surface area contributed by atoms with Crippen molar-refractivity contribution in [3.8, 4) is 11.4 Å². The molecule has 1 heterocycles. The number of hydrogen-bond donors (Lipinski definition) is 0. The van der Waals surface area contributed by atoms with E-state index in [2.05, 4.69) is 39.0 Å². The number of para-hydroxylation sites is 1. The topological polar surface area (TPSA) is 57.0 Å². The van der Waals surface area contributed by atoms with Crippen LogP contribution in [0, 0.1) is 0 Å². The first-order valence-corrected chi connectivity index (χ1v) is 11.0. The molecule has 0 atom stereocenters. The minimum Gasteiger partial charge on any atom is -0.496 e. The van der Waals surface area contributed by atoms with Crippen LogP contribution in [-0.2, 0) is 12.2 Å². The third-order valence-corrected chi connectivity index (χ3v) is 5.94. The molecule has 4 rings (SSSR count). The van der Waals surface area contributed by atoms with Gasteiger partial charge in [0.05, 0.1) is 7.11 Å². The summed E-state index contributed by atoms with van der Waals surface area (Å²) in [6.45, 7) is 1.57. The van der Waals surface area contributed by atoms with Crippen LogP contribution in [0.4, 0.5) is 0 Å². The van der Waals surface area contributed by atoms with Crippen molar-refractivity contribution < 1.29 is 9.53 Å². The van der Waals surface area contributed by atoms with E-state index in [0.717, 1.165) is 28.0 Å². The molecule has 6 heteroatoms. The fourth-order valence-corrected chi connectivity index (χ4v) is 4.32. The van der Waals surface area contributed by atoms with Gasteiger partial charge >= 0.3 is 0 Å². The smallest absolute Gasteiger partial charge is 0.196 e. The number of carbonyl (C=O) groups excluding carboxylic acids is 1. The third-order valence-electron chi connectivity index (χ3n) is 4.96. The molecule has 0 spiro atoms. The van der Waals surface area contributed by atoms with E-state index in [-0.39, 0.29) is 5.78 Å². The monoisotopic (exact) mass is 429 g/mol. The number of ketones is 1. The van der Waals surface area contributed by atoms with Crippen molar-refractivity contribution in [3.05, 3.63) is 101 Å². The molecule has 0 bridgehead atoms. The highest BCUT2D eigenvalue weighted by Crippen LogP contribution is 2.30. The first-order chi connectivity index (χ1) is 15.2. The fraction of sp³-hybridized carbons (Fsp3) is 0.160. The molecule has 0 N–H and O–H groups in total.